The molecule has 1 aliphatic rings. The lowest BCUT2D eigenvalue weighted by Crippen LogP contribution is -2.41. The summed E-state index contributed by atoms with van der Waals surface area (Å²) in [5.41, 5.74) is 5.17. The first-order valence-electron chi connectivity index (χ1n) is 10.6. The summed E-state index contributed by atoms with van der Waals surface area (Å²) < 4.78 is 16.8. The normalized spacial score (nSPS) is 15.6. The molecule has 2 aromatic carbocycles. The first-order chi connectivity index (χ1) is 15.6. The molecule has 32 heavy (non-hydrogen) atoms. The third-order valence-electron chi connectivity index (χ3n) is 6.16. The van der Waals surface area contributed by atoms with Gasteiger partial charge in [0.2, 0.25) is 5.91 Å². The van der Waals surface area contributed by atoms with Crippen LogP contribution in [0.2, 0.25) is 0 Å². The molecule has 0 N–H and O–H groups in total. The molecule has 6 heteroatoms. The number of rotatable bonds is 5. The zero-order valence-electron chi connectivity index (χ0n) is 18.4. The fourth-order valence-electron chi connectivity index (χ4n) is 4.56. The summed E-state index contributed by atoms with van der Waals surface area (Å²) in [7, 11) is 3.29. The first kappa shape index (κ1) is 20.6. The maximum Gasteiger partial charge on any atom is 0.227 e. The molecule has 2 aromatic heterocycles. The molecule has 4 aromatic rings. The van der Waals surface area contributed by atoms with E-state index < -0.39 is 0 Å². The molecule has 0 saturated carbocycles. The van der Waals surface area contributed by atoms with Crippen molar-refractivity contribution in [3.8, 4) is 11.5 Å². The number of amides is 1. The number of benzene rings is 2. The van der Waals surface area contributed by atoms with Crippen molar-refractivity contribution in [3.05, 3.63) is 81.2 Å². The number of hydrogen-bond acceptors (Lipinski definition) is 5. The van der Waals surface area contributed by atoms with Crippen molar-refractivity contribution in [2.75, 3.05) is 20.8 Å². The molecule has 0 saturated heterocycles. The van der Waals surface area contributed by atoms with Crippen LogP contribution in [0, 0.1) is 6.92 Å². The maximum absolute atomic E-state index is 13.6. The lowest BCUT2D eigenvalue weighted by molar-refractivity contribution is -0.132. The highest BCUT2D eigenvalue weighted by Crippen LogP contribution is 2.42. The fraction of sp³-hybridized carbons (Fsp3) is 0.269. The summed E-state index contributed by atoms with van der Waals surface area (Å²) in [6.07, 6.45) is 2.79. The van der Waals surface area contributed by atoms with E-state index in [1.807, 2.05) is 42.2 Å². The van der Waals surface area contributed by atoms with Crippen LogP contribution in [0.5, 0.6) is 11.5 Å². The Bertz CT molecular complexity index is 1270. The lowest BCUT2D eigenvalue weighted by Gasteiger charge is -2.37. The number of carbonyl (C=O) groups is 1. The highest BCUT2D eigenvalue weighted by Gasteiger charge is 2.34. The number of fused-ring (bicyclic) bond motifs is 2. The molecule has 5 rings (SSSR count). The van der Waals surface area contributed by atoms with Gasteiger partial charge < -0.3 is 18.8 Å². The molecule has 0 bridgehead atoms. The van der Waals surface area contributed by atoms with Gasteiger partial charge in [0.15, 0.2) is 11.5 Å². The smallest absolute Gasteiger partial charge is 0.227 e. The minimum absolute atomic E-state index is 0.0899. The van der Waals surface area contributed by atoms with Gasteiger partial charge in [-0.15, -0.1) is 11.3 Å². The van der Waals surface area contributed by atoms with Gasteiger partial charge in [-0.1, -0.05) is 18.2 Å². The highest BCUT2D eigenvalue weighted by atomic mass is 32.1. The van der Waals surface area contributed by atoms with Gasteiger partial charge in [-0.05, 0) is 59.7 Å². The summed E-state index contributed by atoms with van der Waals surface area (Å²) >= 11 is 1.67. The van der Waals surface area contributed by atoms with Crippen LogP contribution in [0.15, 0.2) is 58.5 Å². The molecule has 1 unspecified atom stereocenters. The summed E-state index contributed by atoms with van der Waals surface area (Å²) in [6, 6.07) is 14.1. The Morgan fingerprint density at radius 1 is 1.16 bits per heavy atom. The number of aryl methyl sites for hydroxylation is 1. The number of methoxy groups -OCH3 is 2. The number of nitrogens with zero attached hydrogens (tertiary/aromatic N) is 1. The Balaban J connectivity index is 1.52. The van der Waals surface area contributed by atoms with Crippen LogP contribution in [0.25, 0.3) is 11.0 Å². The van der Waals surface area contributed by atoms with Gasteiger partial charge >= 0.3 is 0 Å². The number of furan rings is 1. The van der Waals surface area contributed by atoms with Crippen molar-refractivity contribution in [3.63, 3.8) is 0 Å². The van der Waals surface area contributed by atoms with E-state index in [9.17, 15) is 4.79 Å². The van der Waals surface area contributed by atoms with E-state index in [0.29, 0.717) is 18.7 Å². The van der Waals surface area contributed by atoms with Gasteiger partial charge in [-0.2, -0.15) is 0 Å². The quantitative estimate of drug-likeness (QED) is 0.403. The second-order valence-corrected chi connectivity index (χ2v) is 9.08. The number of hydrogen-bond donors (Lipinski definition) is 0. The fourth-order valence-corrected chi connectivity index (χ4v) is 5.41. The van der Waals surface area contributed by atoms with Crippen LogP contribution >= 0.6 is 11.3 Å². The molecular weight excluding hydrogens is 422 g/mol. The van der Waals surface area contributed by atoms with Crippen LogP contribution < -0.4 is 9.47 Å². The molecule has 3 heterocycles. The monoisotopic (exact) mass is 447 g/mol. The maximum atomic E-state index is 13.6. The molecule has 1 atom stereocenters. The Morgan fingerprint density at radius 2 is 1.97 bits per heavy atom. The molecule has 0 radical (unpaired) electrons. The molecular formula is C26H25NO4S. The Morgan fingerprint density at radius 3 is 2.72 bits per heavy atom. The zero-order valence-corrected chi connectivity index (χ0v) is 19.2. The van der Waals surface area contributed by atoms with Gasteiger partial charge in [0.05, 0.1) is 32.9 Å². The molecule has 0 spiro atoms. The third kappa shape index (κ3) is 3.54. The Labute approximate surface area is 191 Å². The van der Waals surface area contributed by atoms with Gasteiger partial charge in [-0.3, -0.25) is 4.79 Å². The SMILES string of the molecule is COc1cc2c(cc1OC)C(c1cccs1)N(C(=O)Cc1coc3cc(C)ccc13)CC2. The van der Waals surface area contributed by atoms with Crippen LogP contribution in [0.4, 0.5) is 0 Å². The van der Waals surface area contributed by atoms with Crippen LogP contribution in [0.3, 0.4) is 0 Å². The molecule has 1 aliphatic heterocycles. The number of thiophene rings is 1. The van der Waals surface area contributed by atoms with E-state index in [1.165, 1.54) is 5.56 Å². The van der Waals surface area contributed by atoms with Crippen molar-refractivity contribution < 1.29 is 18.7 Å². The largest absolute Gasteiger partial charge is 0.493 e. The number of ether oxygens (including phenoxy) is 2. The predicted octanol–water partition coefficient (Wildman–Crippen LogP) is 5.54. The van der Waals surface area contributed by atoms with E-state index in [2.05, 4.69) is 17.5 Å². The minimum atomic E-state index is -0.147. The molecule has 0 fully saturated rings. The standard InChI is InChI=1S/C26H25NO4S/c1-16-6-7-19-18(15-31-21(19)11-16)13-25(28)27-9-8-17-12-22(29-2)23(30-3)14-20(17)26(27)24-5-4-10-32-24/h4-7,10-12,14-15,26H,8-9,13H2,1-3H3. The Kier molecular flexibility index (Phi) is 5.39. The minimum Gasteiger partial charge on any atom is -0.493 e. The Hall–Kier alpha value is -3.25. The van der Waals surface area contributed by atoms with Crippen molar-refractivity contribution in [2.45, 2.75) is 25.8 Å². The first-order valence-corrected chi connectivity index (χ1v) is 11.5. The van der Waals surface area contributed by atoms with E-state index in [4.69, 9.17) is 13.9 Å². The predicted molar refractivity (Wildman–Crippen MR) is 126 cm³/mol. The van der Waals surface area contributed by atoms with E-state index in [-0.39, 0.29) is 11.9 Å². The second kappa shape index (κ2) is 8.36. The van der Waals surface area contributed by atoms with Crippen molar-refractivity contribution in [1.82, 2.24) is 4.90 Å². The van der Waals surface area contributed by atoms with Crippen molar-refractivity contribution >= 4 is 28.2 Å². The molecule has 0 aliphatic carbocycles. The molecule has 1 amide bonds. The topological polar surface area (TPSA) is 51.9 Å². The second-order valence-electron chi connectivity index (χ2n) is 8.10. The van der Waals surface area contributed by atoms with E-state index >= 15 is 0 Å². The van der Waals surface area contributed by atoms with Gasteiger partial charge in [0.1, 0.15) is 5.58 Å². The lowest BCUT2D eigenvalue weighted by atomic mass is 9.90. The summed E-state index contributed by atoms with van der Waals surface area (Å²) in [5.74, 6) is 1.49. The molecule has 5 nitrogen and oxygen atoms in total. The van der Waals surface area contributed by atoms with E-state index in [0.717, 1.165) is 44.7 Å². The average Bonchev–Trinajstić information content (AvgIpc) is 3.47. The van der Waals surface area contributed by atoms with Gasteiger partial charge in [-0.25, -0.2) is 0 Å². The van der Waals surface area contributed by atoms with Crippen LogP contribution in [-0.4, -0.2) is 31.6 Å². The summed E-state index contributed by atoms with van der Waals surface area (Å²) in [5, 5.41) is 3.05. The number of carbonyl (C=O) groups excluding carboxylic acids is 1. The molecule has 164 valence electrons. The third-order valence-corrected chi connectivity index (χ3v) is 7.08. The summed E-state index contributed by atoms with van der Waals surface area (Å²) in [6.45, 7) is 2.69. The highest BCUT2D eigenvalue weighted by molar-refractivity contribution is 7.10. The van der Waals surface area contributed by atoms with E-state index in [1.54, 1.807) is 31.8 Å². The zero-order chi connectivity index (χ0) is 22.2. The van der Waals surface area contributed by atoms with Gasteiger partial charge in [0, 0.05) is 22.4 Å². The summed E-state index contributed by atoms with van der Waals surface area (Å²) in [4.78, 5) is 16.7. The average molecular weight is 448 g/mol. The van der Waals surface area contributed by atoms with Crippen molar-refractivity contribution in [2.24, 2.45) is 0 Å². The van der Waals surface area contributed by atoms with Crippen LogP contribution in [-0.2, 0) is 17.6 Å². The van der Waals surface area contributed by atoms with Gasteiger partial charge in [0.25, 0.3) is 0 Å². The van der Waals surface area contributed by atoms with Crippen molar-refractivity contribution in [1.29, 1.82) is 0 Å². The van der Waals surface area contributed by atoms with Crippen LogP contribution in [0.1, 0.15) is 33.2 Å².